The van der Waals surface area contributed by atoms with Crippen molar-refractivity contribution in [3.63, 3.8) is 0 Å². The minimum atomic E-state index is -0.431. The third kappa shape index (κ3) is 4.19. The standard InChI is InChI=1S/C21H25N3O4/c1-3-28-18-8-7-14(11-19(18)27-2)12-23-21(26)24-10-9-16-15(13-24)5-4-6-17(16)20(22)25/h4-8,11H,3,9-10,12-13H2,1-2H3,(H2,22,25)(H,23,26). The van der Waals surface area contributed by atoms with E-state index in [1.165, 1.54) is 0 Å². The molecule has 0 saturated carbocycles. The lowest BCUT2D eigenvalue weighted by molar-refractivity contribution is 0.0998. The largest absolute Gasteiger partial charge is 0.493 e. The van der Waals surface area contributed by atoms with E-state index in [1.807, 2.05) is 31.2 Å². The van der Waals surface area contributed by atoms with E-state index in [0.717, 1.165) is 16.7 Å². The van der Waals surface area contributed by atoms with Gasteiger partial charge < -0.3 is 25.4 Å². The summed E-state index contributed by atoms with van der Waals surface area (Å²) in [6, 6.07) is 10.9. The van der Waals surface area contributed by atoms with Gasteiger partial charge >= 0.3 is 6.03 Å². The minimum absolute atomic E-state index is 0.150. The molecular formula is C21H25N3O4. The second-order valence-electron chi connectivity index (χ2n) is 6.56. The highest BCUT2D eigenvalue weighted by Crippen LogP contribution is 2.28. The third-order valence-corrected chi connectivity index (χ3v) is 4.79. The van der Waals surface area contributed by atoms with Crippen LogP contribution >= 0.6 is 0 Å². The highest BCUT2D eigenvalue weighted by atomic mass is 16.5. The van der Waals surface area contributed by atoms with E-state index in [0.29, 0.717) is 49.7 Å². The molecule has 2 aromatic rings. The first-order chi connectivity index (χ1) is 13.5. The molecule has 2 aromatic carbocycles. The lowest BCUT2D eigenvalue weighted by Crippen LogP contribution is -2.42. The molecule has 28 heavy (non-hydrogen) atoms. The quantitative estimate of drug-likeness (QED) is 0.801. The van der Waals surface area contributed by atoms with Gasteiger partial charge in [0.2, 0.25) is 5.91 Å². The maximum absolute atomic E-state index is 12.6. The maximum Gasteiger partial charge on any atom is 0.317 e. The molecule has 3 rings (SSSR count). The van der Waals surface area contributed by atoms with Gasteiger partial charge in [0.25, 0.3) is 0 Å². The Labute approximate surface area is 164 Å². The molecule has 1 aliphatic heterocycles. The van der Waals surface area contributed by atoms with E-state index in [2.05, 4.69) is 5.32 Å². The molecule has 7 heteroatoms. The van der Waals surface area contributed by atoms with Gasteiger partial charge in [-0.3, -0.25) is 4.79 Å². The van der Waals surface area contributed by atoms with Gasteiger partial charge in [0.1, 0.15) is 0 Å². The van der Waals surface area contributed by atoms with Crippen molar-refractivity contribution in [1.29, 1.82) is 0 Å². The zero-order chi connectivity index (χ0) is 20.1. The number of carbonyl (C=O) groups is 2. The lowest BCUT2D eigenvalue weighted by atomic mass is 9.94. The van der Waals surface area contributed by atoms with Crippen LogP contribution in [0.25, 0.3) is 0 Å². The Kier molecular flexibility index (Phi) is 6.03. The van der Waals surface area contributed by atoms with Gasteiger partial charge in [0, 0.05) is 25.2 Å². The summed E-state index contributed by atoms with van der Waals surface area (Å²) < 4.78 is 10.9. The molecule has 0 aromatic heterocycles. The summed E-state index contributed by atoms with van der Waals surface area (Å²) >= 11 is 0. The van der Waals surface area contributed by atoms with Crippen LogP contribution in [0.4, 0.5) is 4.79 Å². The number of primary amides is 1. The Morgan fingerprint density at radius 3 is 2.75 bits per heavy atom. The van der Waals surface area contributed by atoms with Crippen molar-refractivity contribution in [2.45, 2.75) is 26.4 Å². The number of ether oxygens (including phenoxy) is 2. The number of nitrogens with one attached hydrogen (secondary N) is 1. The monoisotopic (exact) mass is 383 g/mol. The number of urea groups is 1. The van der Waals surface area contributed by atoms with Gasteiger partial charge in [-0.15, -0.1) is 0 Å². The first-order valence-corrected chi connectivity index (χ1v) is 9.26. The SMILES string of the molecule is CCOc1ccc(CNC(=O)N2CCc3c(cccc3C(N)=O)C2)cc1OC. The number of nitrogens with zero attached hydrogens (tertiary/aromatic N) is 1. The molecule has 148 valence electrons. The number of carbonyl (C=O) groups excluding carboxylic acids is 2. The van der Waals surface area contributed by atoms with Crippen LogP contribution in [-0.4, -0.2) is 37.1 Å². The molecule has 0 unspecified atom stereocenters. The van der Waals surface area contributed by atoms with Gasteiger partial charge in [-0.1, -0.05) is 18.2 Å². The average molecular weight is 383 g/mol. The second-order valence-corrected chi connectivity index (χ2v) is 6.56. The van der Waals surface area contributed by atoms with Crippen molar-refractivity contribution in [2.24, 2.45) is 5.73 Å². The summed E-state index contributed by atoms with van der Waals surface area (Å²) in [5.74, 6) is 0.886. The van der Waals surface area contributed by atoms with Crippen molar-refractivity contribution < 1.29 is 19.1 Å². The van der Waals surface area contributed by atoms with Crippen LogP contribution in [0.15, 0.2) is 36.4 Å². The molecule has 0 radical (unpaired) electrons. The Hall–Kier alpha value is -3.22. The fourth-order valence-corrected chi connectivity index (χ4v) is 3.40. The normalized spacial score (nSPS) is 12.9. The van der Waals surface area contributed by atoms with Crippen molar-refractivity contribution in [1.82, 2.24) is 10.2 Å². The Bertz CT molecular complexity index is 882. The van der Waals surface area contributed by atoms with E-state index in [4.69, 9.17) is 15.2 Å². The van der Waals surface area contributed by atoms with Gasteiger partial charge in [0.15, 0.2) is 11.5 Å². The summed E-state index contributed by atoms with van der Waals surface area (Å²) in [5, 5.41) is 2.94. The zero-order valence-corrected chi connectivity index (χ0v) is 16.2. The predicted molar refractivity (Wildman–Crippen MR) is 105 cm³/mol. The Morgan fingerprint density at radius 1 is 1.21 bits per heavy atom. The lowest BCUT2D eigenvalue weighted by Gasteiger charge is -2.30. The zero-order valence-electron chi connectivity index (χ0n) is 16.2. The topological polar surface area (TPSA) is 93.9 Å². The highest BCUT2D eigenvalue weighted by molar-refractivity contribution is 5.94. The average Bonchev–Trinajstić information content (AvgIpc) is 2.71. The summed E-state index contributed by atoms with van der Waals surface area (Å²) in [7, 11) is 1.59. The first kappa shape index (κ1) is 19.5. The Balaban J connectivity index is 1.63. The number of hydrogen-bond acceptors (Lipinski definition) is 4. The predicted octanol–water partition coefficient (Wildman–Crippen LogP) is 2.46. The molecule has 0 aliphatic carbocycles. The van der Waals surface area contributed by atoms with Crippen molar-refractivity contribution in [3.8, 4) is 11.5 Å². The molecule has 1 heterocycles. The molecule has 7 nitrogen and oxygen atoms in total. The van der Waals surface area contributed by atoms with Crippen molar-refractivity contribution in [2.75, 3.05) is 20.3 Å². The molecular weight excluding hydrogens is 358 g/mol. The van der Waals surface area contributed by atoms with Crippen molar-refractivity contribution in [3.05, 3.63) is 58.7 Å². The summed E-state index contributed by atoms with van der Waals surface area (Å²) in [4.78, 5) is 25.9. The van der Waals surface area contributed by atoms with Crippen LogP contribution in [0.1, 0.15) is 34.0 Å². The van der Waals surface area contributed by atoms with Gasteiger partial charge in [-0.05, 0) is 48.2 Å². The van der Waals surface area contributed by atoms with E-state index >= 15 is 0 Å². The van der Waals surface area contributed by atoms with Crippen LogP contribution in [0.5, 0.6) is 11.5 Å². The smallest absolute Gasteiger partial charge is 0.317 e. The highest BCUT2D eigenvalue weighted by Gasteiger charge is 2.23. The molecule has 1 aliphatic rings. The van der Waals surface area contributed by atoms with Gasteiger partial charge in [0.05, 0.1) is 13.7 Å². The summed E-state index contributed by atoms with van der Waals surface area (Å²) in [6.07, 6.45) is 0.610. The fraction of sp³-hybridized carbons (Fsp3) is 0.333. The number of amides is 3. The molecule has 0 bridgehead atoms. The number of rotatable bonds is 6. The van der Waals surface area contributed by atoms with Crippen LogP contribution < -0.4 is 20.5 Å². The van der Waals surface area contributed by atoms with Gasteiger partial charge in [-0.2, -0.15) is 0 Å². The molecule has 3 amide bonds. The maximum atomic E-state index is 12.6. The first-order valence-electron chi connectivity index (χ1n) is 9.26. The number of nitrogens with two attached hydrogens (primary N) is 1. The molecule has 0 saturated heterocycles. The van der Waals surface area contributed by atoms with Crippen LogP contribution in [0, 0.1) is 0 Å². The fourth-order valence-electron chi connectivity index (χ4n) is 3.40. The summed E-state index contributed by atoms with van der Waals surface area (Å²) in [6.45, 7) is 3.84. The molecule has 3 N–H and O–H groups in total. The molecule has 0 atom stereocenters. The second kappa shape index (κ2) is 8.65. The third-order valence-electron chi connectivity index (χ3n) is 4.79. The Morgan fingerprint density at radius 2 is 2.04 bits per heavy atom. The van der Waals surface area contributed by atoms with Crippen LogP contribution in [-0.2, 0) is 19.5 Å². The van der Waals surface area contributed by atoms with Crippen LogP contribution in [0.2, 0.25) is 0 Å². The molecule has 0 fully saturated rings. The number of fused-ring (bicyclic) bond motifs is 1. The minimum Gasteiger partial charge on any atom is -0.493 e. The van der Waals surface area contributed by atoms with Crippen molar-refractivity contribution >= 4 is 11.9 Å². The van der Waals surface area contributed by atoms with E-state index in [9.17, 15) is 9.59 Å². The van der Waals surface area contributed by atoms with E-state index in [-0.39, 0.29) is 6.03 Å². The summed E-state index contributed by atoms with van der Waals surface area (Å²) in [5.41, 5.74) is 8.80. The number of methoxy groups -OCH3 is 1. The van der Waals surface area contributed by atoms with E-state index in [1.54, 1.807) is 24.1 Å². The van der Waals surface area contributed by atoms with Crippen LogP contribution in [0.3, 0.4) is 0 Å². The molecule has 0 spiro atoms. The number of benzene rings is 2. The van der Waals surface area contributed by atoms with E-state index < -0.39 is 5.91 Å². The number of hydrogen-bond donors (Lipinski definition) is 2. The van der Waals surface area contributed by atoms with Gasteiger partial charge in [-0.25, -0.2) is 4.79 Å².